The number of allylic oxidation sites excluding steroid dienone is 1. The Morgan fingerprint density at radius 1 is 1.17 bits per heavy atom. The molecule has 2 bridgehead atoms. The molecule has 3 aliphatic heterocycles. The minimum absolute atomic E-state index is 0.0781. The summed E-state index contributed by atoms with van der Waals surface area (Å²) in [6, 6.07) is -1.35. The number of amides is 2. The van der Waals surface area contributed by atoms with E-state index in [1.165, 1.54) is 0 Å². The zero-order valence-corrected chi connectivity index (χ0v) is 25.5. The fraction of sp³-hybridized carbons (Fsp3) is 0.788. The average Bonchev–Trinajstić information content (AvgIpc) is 3.58. The fourth-order valence-corrected chi connectivity index (χ4v) is 8.27. The van der Waals surface area contributed by atoms with Crippen LogP contribution in [0.3, 0.4) is 0 Å². The summed E-state index contributed by atoms with van der Waals surface area (Å²) in [6.45, 7) is 14.2. The number of carbonyl (C=O) groups excluding carboxylic acids is 3. The van der Waals surface area contributed by atoms with Gasteiger partial charge < -0.3 is 24.4 Å². The van der Waals surface area contributed by atoms with E-state index in [2.05, 4.69) is 13.2 Å². The van der Waals surface area contributed by atoms with Crippen molar-refractivity contribution >= 4 is 17.8 Å². The van der Waals surface area contributed by atoms with Gasteiger partial charge in [0.15, 0.2) is 0 Å². The minimum atomic E-state index is -1.12. The number of nitrogens with zero attached hydrogens (tertiary/aromatic N) is 2. The minimum Gasteiger partial charge on any atom is -0.465 e. The van der Waals surface area contributed by atoms with Crippen LogP contribution in [0.15, 0.2) is 25.3 Å². The summed E-state index contributed by atoms with van der Waals surface area (Å²) in [7, 11) is 0. The summed E-state index contributed by atoms with van der Waals surface area (Å²) in [5.41, 5.74) is -1.95. The van der Waals surface area contributed by atoms with E-state index in [1.54, 1.807) is 11.0 Å². The molecular weight excluding hydrogens is 520 g/mol. The molecule has 0 aromatic heterocycles. The Hall–Kier alpha value is -2.19. The number of aliphatic hydroxyl groups is 1. The summed E-state index contributed by atoms with van der Waals surface area (Å²) in [5.74, 6) is -2.17. The summed E-state index contributed by atoms with van der Waals surface area (Å²) in [4.78, 5) is 46.6. The van der Waals surface area contributed by atoms with Crippen molar-refractivity contribution in [3.63, 3.8) is 0 Å². The van der Waals surface area contributed by atoms with Gasteiger partial charge in [-0.15, -0.1) is 13.2 Å². The van der Waals surface area contributed by atoms with E-state index in [4.69, 9.17) is 9.47 Å². The summed E-state index contributed by atoms with van der Waals surface area (Å²) in [5, 5.41) is 10.6. The first-order chi connectivity index (χ1) is 19.7. The smallest absolute Gasteiger partial charge is 0.312 e. The van der Waals surface area contributed by atoms with E-state index >= 15 is 0 Å². The van der Waals surface area contributed by atoms with Crippen molar-refractivity contribution in [3.05, 3.63) is 25.3 Å². The van der Waals surface area contributed by atoms with Crippen molar-refractivity contribution in [1.29, 1.82) is 0 Å². The first-order valence-electron chi connectivity index (χ1n) is 16.0. The highest BCUT2D eigenvalue weighted by atomic mass is 16.6. The highest BCUT2D eigenvalue weighted by Gasteiger charge is 2.79. The Morgan fingerprint density at radius 3 is 2.51 bits per heavy atom. The maximum Gasteiger partial charge on any atom is 0.312 e. The van der Waals surface area contributed by atoms with Crippen molar-refractivity contribution in [2.24, 2.45) is 17.8 Å². The third kappa shape index (κ3) is 5.75. The second-order valence-corrected chi connectivity index (χ2v) is 13.1. The molecule has 1 saturated carbocycles. The zero-order chi connectivity index (χ0) is 29.8. The van der Waals surface area contributed by atoms with E-state index in [0.717, 1.165) is 51.4 Å². The van der Waals surface area contributed by atoms with Gasteiger partial charge in [-0.2, -0.15) is 0 Å². The van der Waals surface area contributed by atoms with Gasteiger partial charge >= 0.3 is 5.97 Å². The molecule has 0 aromatic rings. The van der Waals surface area contributed by atoms with E-state index in [1.807, 2.05) is 31.7 Å². The van der Waals surface area contributed by atoms with Crippen LogP contribution in [0.4, 0.5) is 0 Å². The van der Waals surface area contributed by atoms with Crippen molar-refractivity contribution in [3.8, 4) is 0 Å². The van der Waals surface area contributed by atoms with Crippen LogP contribution in [0.1, 0.15) is 97.8 Å². The van der Waals surface area contributed by atoms with Gasteiger partial charge in [-0.3, -0.25) is 14.4 Å². The lowest BCUT2D eigenvalue weighted by atomic mass is 9.65. The Labute approximate surface area is 246 Å². The van der Waals surface area contributed by atoms with E-state index in [0.29, 0.717) is 32.2 Å². The lowest BCUT2D eigenvalue weighted by Crippen LogP contribution is -2.60. The molecule has 2 unspecified atom stereocenters. The molecule has 4 aliphatic rings. The van der Waals surface area contributed by atoms with Gasteiger partial charge in [-0.1, -0.05) is 52.2 Å². The Bertz CT molecular complexity index is 977. The number of hydrogen-bond donors (Lipinski definition) is 1. The molecule has 41 heavy (non-hydrogen) atoms. The van der Waals surface area contributed by atoms with Gasteiger partial charge in [0.1, 0.15) is 17.6 Å². The third-order valence-corrected chi connectivity index (χ3v) is 10.1. The largest absolute Gasteiger partial charge is 0.465 e. The van der Waals surface area contributed by atoms with Crippen LogP contribution < -0.4 is 0 Å². The average molecular weight is 573 g/mol. The molecule has 8 heteroatoms. The summed E-state index contributed by atoms with van der Waals surface area (Å²) in [6.07, 6.45) is 13.4. The van der Waals surface area contributed by atoms with Crippen molar-refractivity contribution in [2.75, 3.05) is 19.8 Å². The first-order valence-corrected chi connectivity index (χ1v) is 16.0. The third-order valence-electron chi connectivity index (χ3n) is 10.1. The molecule has 2 amide bonds. The van der Waals surface area contributed by atoms with Crippen molar-refractivity contribution in [1.82, 2.24) is 9.80 Å². The number of esters is 1. The SMILES string of the molecule is C=CCCCCOC(=O)[C@H]1[C@H]2C(=O)N([C@@H](CO)CC(C)C)C(C(=O)N(CC=C)C3CCCCC3)C23CC[C@]1(CC)O3. The van der Waals surface area contributed by atoms with Crippen LogP contribution in [-0.4, -0.2) is 81.8 Å². The van der Waals surface area contributed by atoms with E-state index in [9.17, 15) is 19.5 Å². The lowest BCUT2D eigenvalue weighted by molar-refractivity contribution is -0.164. The molecule has 4 rings (SSSR count). The molecule has 1 aliphatic carbocycles. The molecule has 4 fully saturated rings. The number of carbonyl (C=O) groups is 3. The highest BCUT2D eigenvalue weighted by molar-refractivity contribution is 5.99. The molecule has 3 saturated heterocycles. The van der Waals surface area contributed by atoms with Crippen molar-refractivity contribution < 1.29 is 29.0 Å². The van der Waals surface area contributed by atoms with Gasteiger partial charge in [0.2, 0.25) is 11.8 Å². The van der Waals surface area contributed by atoms with Gasteiger partial charge in [0.25, 0.3) is 0 Å². The first kappa shape index (κ1) is 31.7. The van der Waals surface area contributed by atoms with Crippen LogP contribution in [0.2, 0.25) is 0 Å². The second-order valence-electron chi connectivity index (χ2n) is 13.1. The monoisotopic (exact) mass is 572 g/mol. The number of rotatable bonds is 15. The van der Waals surface area contributed by atoms with Gasteiger partial charge in [0.05, 0.1) is 30.8 Å². The number of likely N-dealkylation sites (tertiary alicyclic amines) is 1. The second kappa shape index (κ2) is 13.4. The van der Waals surface area contributed by atoms with Crippen LogP contribution in [0.25, 0.3) is 0 Å². The molecule has 230 valence electrons. The van der Waals surface area contributed by atoms with Gasteiger partial charge in [0, 0.05) is 12.6 Å². The number of hydrogen-bond acceptors (Lipinski definition) is 6. The Kier molecular flexibility index (Phi) is 10.4. The molecule has 0 aromatic carbocycles. The topological polar surface area (TPSA) is 96.4 Å². The molecule has 8 nitrogen and oxygen atoms in total. The van der Waals surface area contributed by atoms with E-state index < -0.39 is 41.1 Å². The maximum atomic E-state index is 14.8. The van der Waals surface area contributed by atoms with Crippen LogP contribution in [0.5, 0.6) is 0 Å². The van der Waals surface area contributed by atoms with Crippen LogP contribution in [-0.2, 0) is 23.9 Å². The van der Waals surface area contributed by atoms with Gasteiger partial charge in [-0.25, -0.2) is 0 Å². The molecule has 1 spiro atoms. The lowest BCUT2D eigenvalue weighted by Gasteiger charge is -2.42. The number of fused-ring (bicyclic) bond motifs is 1. The zero-order valence-electron chi connectivity index (χ0n) is 25.5. The fourth-order valence-electron chi connectivity index (χ4n) is 8.27. The van der Waals surface area contributed by atoms with Crippen LogP contribution >= 0.6 is 0 Å². The highest BCUT2D eigenvalue weighted by Crippen LogP contribution is 2.65. The van der Waals surface area contributed by atoms with Crippen LogP contribution in [0, 0.1) is 17.8 Å². The van der Waals surface area contributed by atoms with E-state index in [-0.39, 0.29) is 37.0 Å². The predicted octanol–water partition coefficient (Wildman–Crippen LogP) is 4.80. The number of aliphatic hydroxyl groups excluding tert-OH is 1. The molecule has 3 heterocycles. The molecule has 1 N–H and O–H groups in total. The number of unbranched alkanes of at least 4 members (excludes halogenated alkanes) is 2. The Balaban J connectivity index is 1.74. The molecular formula is C33H52N2O6. The summed E-state index contributed by atoms with van der Waals surface area (Å²) < 4.78 is 12.7. The molecule has 0 radical (unpaired) electrons. The Morgan fingerprint density at radius 2 is 1.90 bits per heavy atom. The summed E-state index contributed by atoms with van der Waals surface area (Å²) >= 11 is 0. The molecule has 6 atom stereocenters. The number of ether oxygens (including phenoxy) is 2. The quantitative estimate of drug-likeness (QED) is 0.172. The van der Waals surface area contributed by atoms with Gasteiger partial charge in [-0.05, 0) is 63.7 Å². The predicted molar refractivity (Wildman–Crippen MR) is 158 cm³/mol. The maximum absolute atomic E-state index is 14.8. The van der Waals surface area contributed by atoms with Crippen molar-refractivity contribution in [2.45, 2.75) is 127 Å². The normalized spacial score (nSPS) is 31.8. The standard InChI is InChI=1S/C33H52N2O6/c1-6-9-10-14-20-40-31(39)27-26-29(37)35(25(22-36)21-23(4)5)28(33(26)18-17-32(27,8-3)41-33)30(38)34(19-7-2)24-15-12-11-13-16-24/h6-7,23-28,36H,1-2,8-22H2,3-5H3/t25-,26+,27-,28?,32+,33?/m1/s1.